The molecule has 2 aliphatic carbocycles. The smallest absolute Gasteiger partial charge is 0.128 e. The number of aromatic nitrogens is 3. The number of pyridine rings is 1. The standard InChI is InChI=1S/C33H39BrN4/c1-23(26-9-3-2-4-10-26)12-13-24-7-5-11-27(15-14-24)30-19-33(36-21-25-8-6-16-35-20-25)38-32(31(34)22-37-38)18-28-17-29(28)30/h2-4,6,8-10,16,19-20,22-24,27-28,36H,5,7,11-15,17-18,21H2,1H3/b30-29?,33-19-. The zero-order valence-corrected chi connectivity index (χ0v) is 24.0. The van der Waals surface area contributed by atoms with Crippen molar-refractivity contribution >= 4 is 21.8 Å². The first-order valence-corrected chi connectivity index (χ1v) is 15.3. The predicted octanol–water partition coefficient (Wildman–Crippen LogP) is 8.28. The third-order valence-corrected chi connectivity index (χ3v) is 9.71. The second-order valence-corrected chi connectivity index (χ2v) is 12.5. The summed E-state index contributed by atoms with van der Waals surface area (Å²) in [6.45, 7) is 3.14. The molecule has 1 N–H and O–H groups in total. The Hall–Kier alpha value is -2.66. The third-order valence-electron chi connectivity index (χ3n) is 9.05. The van der Waals surface area contributed by atoms with Gasteiger partial charge in [-0.05, 0) is 113 Å². The largest absolute Gasteiger partial charge is 0.366 e. The summed E-state index contributed by atoms with van der Waals surface area (Å²) in [5.41, 5.74) is 7.26. The van der Waals surface area contributed by atoms with Crippen molar-refractivity contribution in [1.29, 1.82) is 0 Å². The molecule has 5 heteroatoms. The van der Waals surface area contributed by atoms with Crippen molar-refractivity contribution in [3.05, 3.63) is 99.6 Å². The van der Waals surface area contributed by atoms with Gasteiger partial charge in [0.2, 0.25) is 0 Å². The Morgan fingerprint density at radius 2 is 1.89 bits per heavy atom. The average Bonchev–Trinajstić information content (AvgIpc) is 3.67. The summed E-state index contributed by atoms with van der Waals surface area (Å²) in [4.78, 5) is 4.30. The molecule has 3 heterocycles. The van der Waals surface area contributed by atoms with Crippen molar-refractivity contribution in [2.24, 2.45) is 17.8 Å². The van der Waals surface area contributed by atoms with Crippen LogP contribution in [0.2, 0.25) is 0 Å². The van der Waals surface area contributed by atoms with E-state index in [-0.39, 0.29) is 0 Å². The zero-order valence-electron chi connectivity index (χ0n) is 22.5. The summed E-state index contributed by atoms with van der Waals surface area (Å²) >= 11 is 3.77. The van der Waals surface area contributed by atoms with Crippen LogP contribution in [-0.2, 0) is 13.0 Å². The minimum atomic E-state index is 0.650. The Morgan fingerprint density at radius 3 is 2.74 bits per heavy atom. The van der Waals surface area contributed by atoms with Crippen LogP contribution in [0.5, 0.6) is 0 Å². The average molecular weight is 572 g/mol. The number of rotatable bonds is 8. The van der Waals surface area contributed by atoms with Gasteiger partial charge in [0, 0.05) is 18.9 Å². The highest BCUT2D eigenvalue weighted by Crippen LogP contribution is 2.49. The molecule has 0 spiro atoms. The van der Waals surface area contributed by atoms with Gasteiger partial charge >= 0.3 is 0 Å². The first-order chi connectivity index (χ1) is 18.7. The topological polar surface area (TPSA) is 42.7 Å². The SMILES string of the molecule is CC(CCC1CCCC(C2=C3CC3Cc3c(Br)cnn3/C(NCc3cccnc3)=C\2)CC1)c1ccccc1. The number of nitrogens with one attached hydrogen (secondary N) is 1. The van der Waals surface area contributed by atoms with E-state index in [1.807, 2.05) is 24.7 Å². The molecule has 1 aliphatic heterocycles. The molecule has 0 bridgehead atoms. The van der Waals surface area contributed by atoms with E-state index in [0.29, 0.717) is 17.8 Å². The van der Waals surface area contributed by atoms with Crippen molar-refractivity contribution in [1.82, 2.24) is 20.1 Å². The number of hydrogen-bond acceptors (Lipinski definition) is 3. The molecule has 198 valence electrons. The Morgan fingerprint density at radius 1 is 1.00 bits per heavy atom. The van der Waals surface area contributed by atoms with E-state index in [1.165, 1.54) is 68.2 Å². The molecular formula is C33H39BrN4. The van der Waals surface area contributed by atoms with E-state index in [0.717, 1.165) is 29.2 Å². The fourth-order valence-corrected chi connectivity index (χ4v) is 7.07. The van der Waals surface area contributed by atoms with Crippen LogP contribution in [0.1, 0.15) is 81.0 Å². The molecule has 2 aromatic heterocycles. The van der Waals surface area contributed by atoms with Crippen molar-refractivity contribution < 1.29 is 0 Å². The molecule has 0 radical (unpaired) electrons. The van der Waals surface area contributed by atoms with E-state index in [4.69, 9.17) is 5.10 Å². The maximum atomic E-state index is 4.78. The van der Waals surface area contributed by atoms with Crippen molar-refractivity contribution in [3.63, 3.8) is 0 Å². The maximum Gasteiger partial charge on any atom is 0.128 e. The summed E-state index contributed by atoms with van der Waals surface area (Å²) in [6.07, 6.45) is 19.9. The molecule has 1 aromatic carbocycles. The molecule has 4 nitrogen and oxygen atoms in total. The van der Waals surface area contributed by atoms with Crippen LogP contribution < -0.4 is 5.32 Å². The van der Waals surface area contributed by atoms with Gasteiger partial charge in [-0.2, -0.15) is 5.10 Å². The van der Waals surface area contributed by atoms with Gasteiger partial charge in [0.25, 0.3) is 0 Å². The zero-order chi connectivity index (χ0) is 25.9. The van der Waals surface area contributed by atoms with E-state index in [9.17, 15) is 0 Å². The molecule has 38 heavy (non-hydrogen) atoms. The van der Waals surface area contributed by atoms with E-state index in [2.05, 4.69) is 80.3 Å². The Balaban J connectivity index is 1.17. The van der Waals surface area contributed by atoms with Crippen molar-refractivity contribution in [2.75, 3.05) is 0 Å². The highest BCUT2D eigenvalue weighted by molar-refractivity contribution is 9.10. The Bertz CT molecular complexity index is 1290. The number of allylic oxidation sites excluding steroid dienone is 3. The summed E-state index contributed by atoms with van der Waals surface area (Å²) in [5, 5.41) is 8.50. The summed E-state index contributed by atoms with van der Waals surface area (Å²) in [6, 6.07) is 15.2. The molecule has 2 fully saturated rings. The van der Waals surface area contributed by atoms with Crippen LogP contribution in [0.4, 0.5) is 0 Å². The second-order valence-electron chi connectivity index (χ2n) is 11.6. The monoisotopic (exact) mass is 570 g/mol. The first kappa shape index (κ1) is 25.6. The lowest BCUT2D eigenvalue weighted by molar-refractivity contribution is 0.397. The van der Waals surface area contributed by atoms with Gasteiger partial charge in [0.15, 0.2) is 0 Å². The molecule has 6 rings (SSSR count). The normalized spacial score (nSPS) is 25.2. The minimum absolute atomic E-state index is 0.650. The number of benzene rings is 1. The summed E-state index contributed by atoms with van der Waals surface area (Å²) in [7, 11) is 0. The van der Waals surface area contributed by atoms with Gasteiger partial charge in [-0.15, -0.1) is 0 Å². The highest BCUT2D eigenvalue weighted by atomic mass is 79.9. The molecule has 0 saturated heterocycles. The molecule has 4 atom stereocenters. The quantitative estimate of drug-likeness (QED) is 0.277. The van der Waals surface area contributed by atoms with Gasteiger partial charge in [0.05, 0.1) is 16.4 Å². The van der Waals surface area contributed by atoms with Crippen LogP contribution in [-0.4, -0.2) is 14.8 Å². The van der Waals surface area contributed by atoms with Gasteiger partial charge in [-0.1, -0.05) is 61.7 Å². The molecule has 0 amide bonds. The highest BCUT2D eigenvalue weighted by Gasteiger charge is 2.38. The molecule has 3 aliphatic rings. The third kappa shape index (κ3) is 5.83. The minimum Gasteiger partial charge on any atom is -0.366 e. The first-order valence-electron chi connectivity index (χ1n) is 14.5. The maximum absolute atomic E-state index is 4.78. The number of nitrogens with zero attached hydrogens (tertiary/aromatic N) is 3. The Kier molecular flexibility index (Phi) is 7.82. The molecule has 3 aromatic rings. The second kappa shape index (κ2) is 11.6. The van der Waals surface area contributed by atoms with Gasteiger partial charge < -0.3 is 5.32 Å². The Labute approximate surface area is 235 Å². The van der Waals surface area contributed by atoms with Crippen molar-refractivity contribution in [2.45, 2.75) is 77.2 Å². The van der Waals surface area contributed by atoms with Gasteiger partial charge in [0.1, 0.15) is 5.82 Å². The van der Waals surface area contributed by atoms with E-state index >= 15 is 0 Å². The van der Waals surface area contributed by atoms with Crippen LogP contribution in [0.3, 0.4) is 0 Å². The molecule has 2 saturated carbocycles. The lowest BCUT2D eigenvalue weighted by Gasteiger charge is -2.22. The number of fused-ring (bicyclic) bond motifs is 2. The molecular weight excluding hydrogens is 532 g/mol. The van der Waals surface area contributed by atoms with Gasteiger partial charge in [-0.25, -0.2) is 4.68 Å². The van der Waals surface area contributed by atoms with E-state index in [1.54, 1.807) is 11.1 Å². The lowest BCUT2D eigenvalue weighted by Crippen LogP contribution is -2.21. The number of halogens is 1. The van der Waals surface area contributed by atoms with Crippen LogP contribution in [0, 0.1) is 17.8 Å². The van der Waals surface area contributed by atoms with Crippen LogP contribution in [0.25, 0.3) is 5.82 Å². The lowest BCUT2D eigenvalue weighted by atomic mass is 9.86. The fourth-order valence-electron chi connectivity index (χ4n) is 6.65. The summed E-state index contributed by atoms with van der Waals surface area (Å²) in [5.74, 6) is 3.96. The van der Waals surface area contributed by atoms with Crippen LogP contribution >= 0.6 is 15.9 Å². The van der Waals surface area contributed by atoms with Crippen molar-refractivity contribution in [3.8, 4) is 0 Å². The summed E-state index contributed by atoms with van der Waals surface area (Å²) < 4.78 is 3.25. The predicted molar refractivity (Wildman–Crippen MR) is 158 cm³/mol. The molecule has 4 unspecified atom stereocenters. The van der Waals surface area contributed by atoms with Gasteiger partial charge in [-0.3, -0.25) is 4.98 Å². The van der Waals surface area contributed by atoms with E-state index < -0.39 is 0 Å². The van der Waals surface area contributed by atoms with Crippen LogP contribution in [0.15, 0.2) is 82.8 Å². The number of hydrogen-bond donors (Lipinski definition) is 1. The fraction of sp³-hybridized carbons (Fsp3) is 0.455.